The van der Waals surface area contributed by atoms with Crippen molar-refractivity contribution in [2.24, 2.45) is 17.8 Å². The highest BCUT2D eigenvalue weighted by molar-refractivity contribution is 9.10. The molecule has 1 aliphatic carbocycles. The second kappa shape index (κ2) is 15.5. The topological polar surface area (TPSA) is 159 Å². The molecule has 2 fully saturated rings. The van der Waals surface area contributed by atoms with Gasteiger partial charge in [0.2, 0.25) is 17.6 Å². The maximum atomic E-state index is 13.4. The number of carbonyl (C=O) groups excluding carboxylic acids is 5. The van der Waals surface area contributed by atoms with E-state index in [9.17, 15) is 28.8 Å². The van der Waals surface area contributed by atoms with Crippen LogP contribution in [0.5, 0.6) is 0 Å². The van der Waals surface area contributed by atoms with Gasteiger partial charge in [-0.1, -0.05) is 18.5 Å². The number of fused-ring (bicyclic) bond motifs is 2. The van der Waals surface area contributed by atoms with E-state index in [1.54, 1.807) is 6.92 Å². The van der Waals surface area contributed by atoms with E-state index in [-0.39, 0.29) is 48.6 Å². The van der Waals surface area contributed by atoms with Gasteiger partial charge in [-0.15, -0.1) is 11.3 Å². The number of hydrogen-bond donors (Lipinski definition) is 4. The molecule has 45 heavy (non-hydrogen) atoms. The Bertz CT molecular complexity index is 1490. The van der Waals surface area contributed by atoms with E-state index >= 15 is 0 Å². The van der Waals surface area contributed by atoms with Crippen LogP contribution in [0.2, 0.25) is 4.34 Å². The third-order valence-corrected chi connectivity index (χ3v) is 10.7. The molecule has 4 N–H and O–H groups in total. The molecule has 2 aliphatic rings. The number of likely N-dealkylation sites (tertiary alicyclic amines) is 1. The predicted octanol–water partition coefficient (Wildman–Crippen LogP) is 2.99. The van der Waals surface area contributed by atoms with Crippen LogP contribution in [-0.4, -0.2) is 71.2 Å². The summed E-state index contributed by atoms with van der Waals surface area (Å²) in [4.78, 5) is 79.3. The lowest BCUT2D eigenvalue weighted by Crippen LogP contribution is -2.58. The summed E-state index contributed by atoms with van der Waals surface area (Å²) in [5, 5.41) is 10.6. The van der Waals surface area contributed by atoms with Crippen LogP contribution in [-0.2, 0) is 25.7 Å². The van der Waals surface area contributed by atoms with Crippen LogP contribution < -0.4 is 26.8 Å². The van der Waals surface area contributed by atoms with Crippen molar-refractivity contribution < 1.29 is 24.0 Å². The molecule has 15 heteroatoms. The molecule has 4 rings (SSSR count). The highest BCUT2D eigenvalue weighted by Gasteiger charge is 2.39. The van der Waals surface area contributed by atoms with Crippen LogP contribution in [0.3, 0.4) is 0 Å². The summed E-state index contributed by atoms with van der Waals surface area (Å²) in [6.45, 7) is 4.85. The number of piperidine rings is 1. The first-order valence-electron chi connectivity index (χ1n) is 14.9. The first-order chi connectivity index (χ1) is 21.4. The first kappa shape index (κ1) is 34.8. The summed E-state index contributed by atoms with van der Waals surface area (Å²) in [5.74, 6) is -1.66. The van der Waals surface area contributed by atoms with Crippen LogP contribution >= 0.6 is 38.9 Å². The Balaban J connectivity index is 1.44. The maximum Gasteiger partial charge on any atom is 0.287 e. The number of carbonyl (C=O) groups is 5. The quantitative estimate of drug-likeness (QED) is 0.245. The third-order valence-electron chi connectivity index (χ3n) is 8.19. The summed E-state index contributed by atoms with van der Waals surface area (Å²) in [6, 6.07) is 3.15. The van der Waals surface area contributed by atoms with E-state index in [0.717, 1.165) is 30.7 Å². The second-order valence-electron chi connectivity index (χ2n) is 11.8. The Morgan fingerprint density at radius 2 is 1.93 bits per heavy atom. The molecule has 0 spiro atoms. The minimum absolute atomic E-state index is 0.106. The van der Waals surface area contributed by atoms with Gasteiger partial charge in [0, 0.05) is 30.2 Å². The minimum atomic E-state index is -1.27. The molecule has 12 nitrogen and oxygen atoms in total. The van der Waals surface area contributed by atoms with Gasteiger partial charge in [0.05, 0.1) is 11.0 Å². The number of pyridine rings is 1. The van der Waals surface area contributed by atoms with Crippen molar-refractivity contribution in [2.75, 3.05) is 25.5 Å². The average Bonchev–Trinajstić information content (AvgIpc) is 3.32. The van der Waals surface area contributed by atoms with Crippen molar-refractivity contribution in [2.45, 2.75) is 64.7 Å². The average molecular weight is 726 g/mol. The highest BCUT2D eigenvalue weighted by Crippen LogP contribution is 2.39. The van der Waals surface area contributed by atoms with Gasteiger partial charge in [0.15, 0.2) is 0 Å². The minimum Gasteiger partial charge on any atom is -0.350 e. The molecule has 3 heterocycles. The second-order valence-corrected chi connectivity index (χ2v) is 14.3. The van der Waals surface area contributed by atoms with Gasteiger partial charge in [-0.05, 0) is 91.5 Å². The number of aromatic nitrogens is 1. The van der Waals surface area contributed by atoms with Gasteiger partial charge >= 0.3 is 0 Å². The normalized spacial score (nSPS) is 21.8. The van der Waals surface area contributed by atoms with Crippen LogP contribution in [0.1, 0.15) is 55.6 Å². The molecule has 2 aromatic heterocycles. The summed E-state index contributed by atoms with van der Waals surface area (Å²) in [5.41, 5.74) is -0.716. The molecule has 2 aromatic rings. The number of thiophene rings is 1. The largest absolute Gasteiger partial charge is 0.350 e. The van der Waals surface area contributed by atoms with Crippen LogP contribution in [0, 0.1) is 17.8 Å². The molecule has 244 valence electrons. The zero-order valence-electron chi connectivity index (χ0n) is 25.4. The van der Waals surface area contributed by atoms with Gasteiger partial charge in [-0.25, -0.2) is 0 Å². The van der Waals surface area contributed by atoms with Crippen molar-refractivity contribution in [1.29, 1.82) is 0 Å². The molecule has 4 amide bonds. The highest BCUT2D eigenvalue weighted by atomic mass is 79.9. The standard InChI is InChI=1S/C30H38BrClN6O6S/c1-4-33-28(42)22(39)8-7-20(34-29(43)23-13-19(31)25(32)45-23)27(41)35-21-6-5-9-38(30(21)44)15-24(40)36-26-18-11-16(2)10-17(12-18)14-37(26)3/h5-6,9,13,16-18,20,26H,4,7-8,10-12,14-15H2,1-3H3,(H,33,42)(H,34,43)(H,35,41)(H,36,40). The number of nitrogens with zero attached hydrogens (tertiary/aromatic N) is 2. The lowest BCUT2D eigenvalue weighted by Gasteiger charge is -2.48. The lowest BCUT2D eigenvalue weighted by atomic mass is 9.71. The molecule has 0 radical (unpaired) electrons. The Morgan fingerprint density at radius 1 is 1.18 bits per heavy atom. The predicted molar refractivity (Wildman–Crippen MR) is 175 cm³/mol. The number of halogens is 2. The van der Waals surface area contributed by atoms with Crippen molar-refractivity contribution in [3.8, 4) is 0 Å². The molecule has 0 aromatic carbocycles. The molecule has 1 aliphatic heterocycles. The molecular formula is C30H38BrClN6O6S. The molecular weight excluding hydrogens is 688 g/mol. The number of ketones is 1. The van der Waals surface area contributed by atoms with E-state index in [1.165, 1.54) is 35.4 Å². The number of Topliss-reactive ketones (excluding diaryl/α,β-unsaturated/α-hetero) is 1. The SMILES string of the molecule is CCNC(=O)C(=O)CCC(NC(=O)c1cc(Br)c(Cl)s1)C(=O)Nc1cccn(CC(=O)NC2C3CC(C)CC(C3)CN2C)c1=O. The molecule has 1 saturated heterocycles. The zero-order valence-corrected chi connectivity index (χ0v) is 28.5. The summed E-state index contributed by atoms with van der Waals surface area (Å²) in [7, 11) is 2.01. The van der Waals surface area contributed by atoms with Crippen molar-refractivity contribution in [1.82, 2.24) is 25.4 Å². The summed E-state index contributed by atoms with van der Waals surface area (Å²) < 4.78 is 2.06. The summed E-state index contributed by atoms with van der Waals surface area (Å²) >= 11 is 10.3. The van der Waals surface area contributed by atoms with E-state index < -0.39 is 35.1 Å². The fraction of sp³-hybridized carbons (Fsp3) is 0.533. The van der Waals surface area contributed by atoms with Crippen LogP contribution in [0.4, 0.5) is 5.69 Å². The van der Waals surface area contributed by atoms with Crippen molar-refractivity contribution in [3.63, 3.8) is 0 Å². The summed E-state index contributed by atoms with van der Waals surface area (Å²) in [6.07, 6.45) is 4.14. The number of rotatable bonds is 12. The Kier molecular flexibility index (Phi) is 12.0. The smallest absolute Gasteiger partial charge is 0.287 e. The Morgan fingerprint density at radius 3 is 2.62 bits per heavy atom. The monoisotopic (exact) mass is 724 g/mol. The number of anilines is 1. The molecule has 1 saturated carbocycles. The molecule has 5 unspecified atom stereocenters. The lowest BCUT2D eigenvalue weighted by molar-refractivity contribution is -0.138. The van der Waals surface area contributed by atoms with E-state index in [2.05, 4.69) is 49.0 Å². The number of amides is 4. The van der Waals surface area contributed by atoms with Crippen molar-refractivity contribution >= 4 is 74.0 Å². The van der Waals surface area contributed by atoms with Gasteiger partial charge in [0.25, 0.3) is 17.4 Å². The third kappa shape index (κ3) is 9.02. The fourth-order valence-electron chi connectivity index (χ4n) is 6.26. The number of likely N-dealkylation sites (N-methyl/N-ethyl adjacent to an activating group) is 1. The van der Waals surface area contributed by atoms with Crippen molar-refractivity contribution in [3.05, 3.63) is 48.4 Å². The number of nitrogens with one attached hydrogen (secondary N) is 4. The van der Waals surface area contributed by atoms with E-state index in [4.69, 9.17) is 11.6 Å². The van der Waals surface area contributed by atoms with Gasteiger partial charge in [0.1, 0.15) is 22.6 Å². The molecule has 5 atom stereocenters. The van der Waals surface area contributed by atoms with Crippen LogP contribution in [0.25, 0.3) is 0 Å². The number of hydrogen-bond acceptors (Lipinski definition) is 8. The molecule has 2 bridgehead atoms. The van der Waals surface area contributed by atoms with E-state index in [0.29, 0.717) is 26.6 Å². The van der Waals surface area contributed by atoms with E-state index in [1.807, 2.05) is 7.05 Å². The van der Waals surface area contributed by atoms with Gasteiger partial charge in [-0.3, -0.25) is 33.7 Å². The Labute approximate surface area is 278 Å². The van der Waals surface area contributed by atoms with Crippen LogP contribution in [0.15, 0.2) is 33.7 Å². The Hall–Kier alpha value is -3.07. The van der Waals surface area contributed by atoms with Gasteiger partial charge < -0.3 is 25.8 Å². The van der Waals surface area contributed by atoms with Gasteiger partial charge in [-0.2, -0.15) is 0 Å². The maximum absolute atomic E-state index is 13.4. The fourth-order valence-corrected chi connectivity index (χ4v) is 7.87. The zero-order chi connectivity index (χ0) is 32.8. The first-order valence-corrected chi connectivity index (χ1v) is 16.9.